The summed E-state index contributed by atoms with van der Waals surface area (Å²) in [7, 11) is 1.62. The van der Waals surface area contributed by atoms with Crippen LogP contribution >= 0.6 is 0 Å². The van der Waals surface area contributed by atoms with Gasteiger partial charge < -0.3 is 19.8 Å². The van der Waals surface area contributed by atoms with E-state index in [9.17, 15) is 4.79 Å². The Balaban J connectivity index is 1.25. The number of likely N-dealkylation sites (tertiary alicyclic amines) is 1. The lowest BCUT2D eigenvalue weighted by molar-refractivity contribution is -0.0212. The van der Waals surface area contributed by atoms with Gasteiger partial charge in [0.15, 0.2) is 0 Å². The predicted molar refractivity (Wildman–Crippen MR) is 117 cm³/mol. The second kappa shape index (κ2) is 9.01. The molecule has 2 aliphatic carbocycles. The van der Waals surface area contributed by atoms with Crippen LogP contribution in [0.4, 0.5) is 0 Å². The molecule has 5 rings (SSSR count). The van der Waals surface area contributed by atoms with E-state index in [1.165, 1.54) is 12.8 Å². The number of aromatic amines is 1. The van der Waals surface area contributed by atoms with Gasteiger partial charge in [-0.05, 0) is 61.6 Å². The van der Waals surface area contributed by atoms with Crippen molar-refractivity contribution in [1.29, 1.82) is 0 Å². The van der Waals surface area contributed by atoms with E-state index in [1.807, 2.05) is 30.6 Å². The average molecular weight is 425 g/mol. The molecule has 31 heavy (non-hydrogen) atoms. The van der Waals surface area contributed by atoms with Crippen molar-refractivity contribution in [2.24, 2.45) is 17.8 Å². The first-order valence-electron chi connectivity index (χ1n) is 11.4. The summed E-state index contributed by atoms with van der Waals surface area (Å²) in [6, 6.07) is 7.39. The van der Waals surface area contributed by atoms with Crippen LogP contribution in [0.25, 0.3) is 0 Å². The molecule has 1 aromatic carbocycles. The van der Waals surface area contributed by atoms with E-state index >= 15 is 0 Å². The van der Waals surface area contributed by atoms with Crippen LogP contribution in [-0.2, 0) is 11.3 Å². The van der Waals surface area contributed by atoms with Crippen molar-refractivity contribution >= 4 is 5.91 Å². The van der Waals surface area contributed by atoms with E-state index in [-0.39, 0.29) is 18.1 Å². The van der Waals surface area contributed by atoms with Gasteiger partial charge >= 0.3 is 0 Å². The molecule has 0 radical (unpaired) electrons. The Bertz CT molecular complexity index is 883. The van der Waals surface area contributed by atoms with E-state index in [0.29, 0.717) is 29.1 Å². The van der Waals surface area contributed by atoms with E-state index < -0.39 is 0 Å². The van der Waals surface area contributed by atoms with Gasteiger partial charge in [-0.1, -0.05) is 6.07 Å². The third kappa shape index (κ3) is 4.93. The molecule has 0 unspecified atom stereocenters. The van der Waals surface area contributed by atoms with Crippen molar-refractivity contribution in [2.75, 3.05) is 26.8 Å². The summed E-state index contributed by atoms with van der Waals surface area (Å²) in [6.07, 6.45) is 8.29. The number of imidazole rings is 1. The van der Waals surface area contributed by atoms with Gasteiger partial charge in [-0.15, -0.1) is 0 Å². The molecule has 1 amide bonds. The van der Waals surface area contributed by atoms with Crippen LogP contribution in [0.5, 0.6) is 5.75 Å². The molecule has 1 saturated heterocycles. The lowest BCUT2D eigenvalue weighted by Crippen LogP contribution is -2.50. The Morgan fingerprint density at radius 3 is 2.84 bits per heavy atom. The van der Waals surface area contributed by atoms with Crippen LogP contribution in [0, 0.1) is 17.8 Å². The number of hydrogen-bond donors (Lipinski definition) is 2. The van der Waals surface area contributed by atoms with Crippen molar-refractivity contribution in [1.82, 2.24) is 20.2 Å². The molecule has 2 saturated carbocycles. The number of hydrogen-bond acceptors (Lipinski definition) is 5. The summed E-state index contributed by atoms with van der Waals surface area (Å²) in [5.74, 6) is 3.57. The first kappa shape index (κ1) is 20.5. The highest BCUT2D eigenvalue weighted by atomic mass is 16.5. The minimum atomic E-state index is -0.0483. The predicted octanol–water partition coefficient (Wildman–Crippen LogP) is 2.85. The van der Waals surface area contributed by atoms with Crippen LogP contribution in [0.2, 0.25) is 0 Å². The van der Waals surface area contributed by atoms with Crippen LogP contribution < -0.4 is 10.1 Å². The third-order valence-electron chi connectivity index (χ3n) is 7.01. The normalized spacial score (nSPS) is 28.3. The number of methoxy groups -OCH3 is 1. The highest BCUT2D eigenvalue weighted by Gasteiger charge is 2.43. The fraction of sp³-hybridized carbons (Fsp3) is 0.583. The lowest BCUT2D eigenvalue weighted by Gasteiger charge is -2.38. The fourth-order valence-corrected chi connectivity index (χ4v) is 5.13. The molecule has 2 N–H and O–H groups in total. The van der Waals surface area contributed by atoms with Gasteiger partial charge in [-0.25, -0.2) is 4.98 Å². The molecule has 3 aliphatic rings. The highest BCUT2D eigenvalue weighted by Crippen LogP contribution is 2.39. The summed E-state index contributed by atoms with van der Waals surface area (Å²) in [6.45, 7) is 3.80. The van der Waals surface area contributed by atoms with Crippen molar-refractivity contribution < 1.29 is 14.3 Å². The molecule has 2 heterocycles. The van der Waals surface area contributed by atoms with E-state index in [2.05, 4.69) is 20.2 Å². The summed E-state index contributed by atoms with van der Waals surface area (Å²) in [5.41, 5.74) is 0.633. The molecule has 166 valence electrons. The van der Waals surface area contributed by atoms with Gasteiger partial charge in [0.2, 0.25) is 0 Å². The Labute approximate surface area is 183 Å². The molecule has 1 aromatic heterocycles. The first-order valence-corrected chi connectivity index (χ1v) is 11.4. The molecule has 7 heteroatoms. The number of carbonyl (C=O) groups excluding carboxylic acids is 1. The summed E-state index contributed by atoms with van der Waals surface area (Å²) in [5, 5.41) is 3.30. The quantitative estimate of drug-likeness (QED) is 0.681. The lowest BCUT2D eigenvalue weighted by atomic mass is 9.77. The first-order chi connectivity index (χ1) is 15.2. The fourth-order valence-electron chi connectivity index (χ4n) is 5.13. The third-order valence-corrected chi connectivity index (χ3v) is 7.01. The van der Waals surface area contributed by atoms with Crippen LogP contribution in [0.3, 0.4) is 0 Å². The number of amides is 1. The van der Waals surface area contributed by atoms with Crippen molar-refractivity contribution in [3.63, 3.8) is 0 Å². The van der Waals surface area contributed by atoms with E-state index in [0.717, 1.165) is 44.9 Å². The number of nitrogens with one attached hydrogen (secondary N) is 2. The number of fused-ring (bicyclic) bond motifs is 1. The van der Waals surface area contributed by atoms with Gasteiger partial charge in [0.1, 0.15) is 11.6 Å². The average Bonchev–Trinajstić information content (AvgIpc) is 3.32. The Morgan fingerprint density at radius 2 is 2.10 bits per heavy atom. The van der Waals surface area contributed by atoms with Gasteiger partial charge in [-0.2, -0.15) is 0 Å². The van der Waals surface area contributed by atoms with E-state index in [1.54, 1.807) is 13.2 Å². The molecular weight excluding hydrogens is 392 g/mol. The van der Waals surface area contributed by atoms with Crippen LogP contribution in [0.15, 0.2) is 36.7 Å². The number of benzene rings is 1. The summed E-state index contributed by atoms with van der Waals surface area (Å²) in [4.78, 5) is 23.1. The molecule has 3 fully saturated rings. The Kier molecular flexibility index (Phi) is 5.96. The number of aromatic nitrogens is 2. The van der Waals surface area contributed by atoms with Crippen molar-refractivity contribution in [3.05, 3.63) is 48.0 Å². The van der Waals surface area contributed by atoms with Crippen LogP contribution in [-0.4, -0.2) is 59.7 Å². The molecule has 1 aliphatic heterocycles. The summed E-state index contributed by atoms with van der Waals surface area (Å²) < 4.78 is 11.7. The molecule has 7 nitrogen and oxygen atoms in total. The van der Waals surface area contributed by atoms with Gasteiger partial charge in [0.25, 0.3) is 5.91 Å². The topological polar surface area (TPSA) is 79.5 Å². The summed E-state index contributed by atoms with van der Waals surface area (Å²) >= 11 is 0. The zero-order valence-electron chi connectivity index (χ0n) is 18.1. The SMILES string of the molecule is COc1cccc(C(=O)N[C@H]2C[C@H]3CN(Cc4ncc[nH]4)C[C@H]3C[C@@H]2OCC2CC2)c1. The zero-order chi connectivity index (χ0) is 21.2. The van der Waals surface area contributed by atoms with Crippen LogP contribution in [0.1, 0.15) is 41.9 Å². The molecule has 2 aromatic rings. The maximum absolute atomic E-state index is 13.0. The number of carbonyl (C=O) groups is 1. The second-order valence-electron chi connectivity index (χ2n) is 9.35. The van der Waals surface area contributed by atoms with Crippen molar-refractivity contribution in [3.8, 4) is 5.75 Å². The zero-order valence-corrected chi connectivity index (χ0v) is 18.1. The molecule has 0 spiro atoms. The number of nitrogens with zero attached hydrogens (tertiary/aromatic N) is 2. The van der Waals surface area contributed by atoms with Gasteiger partial charge in [0, 0.05) is 37.7 Å². The minimum absolute atomic E-state index is 0.0438. The monoisotopic (exact) mass is 424 g/mol. The smallest absolute Gasteiger partial charge is 0.251 e. The van der Waals surface area contributed by atoms with Crippen molar-refractivity contribution in [2.45, 2.75) is 44.4 Å². The number of ether oxygens (including phenoxy) is 2. The highest BCUT2D eigenvalue weighted by molar-refractivity contribution is 5.94. The number of H-pyrrole nitrogens is 1. The molecule has 4 atom stereocenters. The Morgan fingerprint density at radius 1 is 1.26 bits per heavy atom. The maximum Gasteiger partial charge on any atom is 0.251 e. The number of rotatable bonds is 8. The van der Waals surface area contributed by atoms with Gasteiger partial charge in [0.05, 0.1) is 25.8 Å². The maximum atomic E-state index is 13.0. The Hall–Kier alpha value is -2.38. The largest absolute Gasteiger partial charge is 0.497 e. The standard InChI is InChI=1S/C24H32N4O3/c1-30-20-4-2-3-17(9-20)24(29)27-21-10-18-12-28(14-23-25-7-8-26-23)13-19(18)11-22(21)31-15-16-5-6-16/h2-4,7-9,16,18-19,21-22H,5-6,10-15H2,1H3,(H,25,26)(H,27,29)/t18-,19+,21-,22-/m0/s1. The molecule has 0 bridgehead atoms. The minimum Gasteiger partial charge on any atom is -0.497 e. The second-order valence-corrected chi connectivity index (χ2v) is 9.35. The van der Waals surface area contributed by atoms with Gasteiger partial charge in [-0.3, -0.25) is 9.69 Å². The molecular formula is C24H32N4O3. The van der Waals surface area contributed by atoms with E-state index in [4.69, 9.17) is 9.47 Å².